The minimum absolute atomic E-state index is 0.0275. The van der Waals surface area contributed by atoms with Gasteiger partial charge in [0.25, 0.3) is 23.3 Å². The molecule has 0 saturated carbocycles. The monoisotopic (exact) mass is 1250 g/mol. The summed E-state index contributed by atoms with van der Waals surface area (Å²) in [5.41, 5.74) is 19.7. The van der Waals surface area contributed by atoms with E-state index >= 15 is 0 Å². The molecule has 94 heavy (non-hydrogen) atoms. The van der Waals surface area contributed by atoms with Crippen LogP contribution < -0.4 is 59.6 Å². The van der Waals surface area contributed by atoms with Crippen LogP contribution in [0, 0.1) is 41.5 Å². The van der Waals surface area contributed by atoms with E-state index in [9.17, 15) is 0 Å². The molecule has 0 bridgehead atoms. The second kappa shape index (κ2) is 24.7. The molecule has 0 aliphatic carbocycles. The predicted octanol–water partition coefficient (Wildman–Crippen LogP) is 11.9. The van der Waals surface area contributed by atoms with Crippen molar-refractivity contribution in [3.05, 3.63) is 219 Å². The molecule has 468 valence electrons. The molecule has 15 nitrogen and oxygen atoms in total. The Morgan fingerprint density at radius 1 is 0.394 bits per heavy atom. The van der Waals surface area contributed by atoms with Gasteiger partial charge >= 0.3 is 27.4 Å². The topological polar surface area (TPSA) is 120 Å². The fourth-order valence-electron chi connectivity index (χ4n) is 14.3. The molecule has 0 saturated heterocycles. The van der Waals surface area contributed by atoms with Crippen molar-refractivity contribution in [2.75, 3.05) is 19.2 Å². The number of hydrogen-bond acceptors (Lipinski definition) is 11. The lowest BCUT2D eigenvalue weighted by molar-refractivity contribution is -0.658. The first-order valence-electron chi connectivity index (χ1n) is 33.7. The lowest BCUT2D eigenvalue weighted by Gasteiger charge is -2.27. The molecular weight excluding hydrogens is 1160 g/mol. The summed E-state index contributed by atoms with van der Waals surface area (Å²) < 4.78 is 55.7. The number of furan rings is 4. The third-order valence-electron chi connectivity index (χ3n) is 19.0. The number of pyridine rings is 7. The van der Waals surface area contributed by atoms with E-state index in [-0.39, 0.29) is 27.4 Å². The minimum atomic E-state index is -2.13. The first-order valence-corrected chi connectivity index (χ1v) is 32.2. The number of hydrogen-bond donors (Lipinski definition) is 0. The van der Waals surface area contributed by atoms with Gasteiger partial charge in [0, 0.05) is 109 Å². The van der Waals surface area contributed by atoms with Crippen molar-refractivity contribution in [1.29, 1.82) is 0 Å². The quantitative estimate of drug-likeness (QED) is 0.124. The molecule has 0 amide bonds. The number of nitrogens with zero attached hydrogens (tertiary/aromatic N) is 11. The first-order chi connectivity index (χ1) is 46.3. The van der Waals surface area contributed by atoms with Crippen molar-refractivity contribution < 1.29 is 40.0 Å². The highest BCUT2D eigenvalue weighted by atomic mass is 16.4. The zero-order valence-electron chi connectivity index (χ0n) is 60.0. The fourth-order valence-corrected chi connectivity index (χ4v) is 14.3. The molecule has 4 aliphatic heterocycles. The maximum Gasteiger partial charge on any atom is 0.447 e. The lowest BCUT2D eigenvalue weighted by atomic mass is 9.54. The number of rotatable bonds is 4. The number of aryl methyl sites for hydroxylation is 10. The average Bonchev–Trinajstić information content (AvgIpc) is 1.69. The standard InChI is InChI=1S/C20H22BN2O.C19H21BN3O.2C18H19BN3O/c1-13-10-19(22(5)12-14(13)2)23-15(3)11-17-16-8-6-7-9-18(16)24-20(17)21(23)4;1-12-9-17(22(5)11-13(12)2)23-14(3)10-16-18(20(23)4)15-7-6-8-21-19(15)24-16;1-12-7-8-16(21(4)11-12)22-13(2)10-15-17(19(22)3)14-6-5-9-20-18(14)23-15;1-12-7-9-21(4)16(10-12)22-13(2)11-15-17(19(22)3)14-6-5-8-20-18(14)23-15/h6-12H,1-5H3;6-11H,1-5H3;2*5-11H,1-4H3/q4*+1/i;2D3;;. The Morgan fingerprint density at radius 2 is 0.819 bits per heavy atom. The summed E-state index contributed by atoms with van der Waals surface area (Å²) in [6, 6.07) is 33.2. The van der Waals surface area contributed by atoms with Crippen molar-refractivity contribution in [2.45, 2.75) is 96.5 Å². The molecule has 12 aromatic rings. The second-order valence-corrected chi connectivity index (χ2v) is 25.7. The van der Waals surface area contributed by atoms with Gasteiger partial charge in [0.1, 0.15) is 28.5 Å². The third-order valence-corrected chi connectivity index (χ3v) is 19.0. The molecule has 0 N–H and O–H groups in total. The van der Waals surface area contributed by atoms with Crippen LogP contribution in [0.5, 0.6) is 0 Å². The van der Waals surface area contributed by atoms with Crippen LogP contribution in [-0.4, -0.2) is 42.3 Å². The molecular formula is C75H81B4N11O4+4. The molecule has 19 heteroatoms. The van der Waals surface area contributed by atoms with E-state index in [2.05, 4.69) is 236 Å². The van der Waals surface area contributed by atoms with Crippen LogP contribution in [0.25, 0.3) is 68.6 Å². The Hall–Kier alpha value is -10.2. The molecule has 0 unspecified atom stereocenters. The molecule has 15 heterocycles. The normalized spacial score (nSPS) is 14.8. The van der Waals surface area contributed by atoms with Crippen LogP contribution in [0.1, 0.15) is 88.0 Å². The van der Waals surface area contributed by atoms with Crippen molar-refractivity contribution in [3.63, 3.8) is 0 Å². The number of para-hydroxylation sites is 1. The van der Waals surface area contributed by atoms with Gasteiger partial charge in [0.15, 0.2) is 0 Å². The van der Waals surface area contributed by atoms with Crippen molar-refractivity contribution in [2.24, 2.45) is 28.2 Å². The third kappa shape index (κ3) is 11.1. The van der Waals surface area contributed by atoms with Gasteiger partial charge in [-0.15, -0.1) is 0 Å². The van der Waals surface area contributed by atoms with Crippen molar-refractivity contribution in [3.8, 4) is 0 Å². The Kier molecular flexibility index (Phi) is 15.5. The van der Waals surface area contributed by atoms with E-state index in [0.29, 0.717) is 22.7 Å². The maximum atomic E-state index is 7.75. The SMILES string of the molecule is CB1c2c(oc3ncccc23)C=C(C)N1c1cc(C)cc[n+]1C.CB1c2c(oc3ncccc23)C=C(C)N1c1ccc(C)c[n+]1C.CB1c2oc3ccccc3c2C=C(C)N1c1cc(C)c(C)c[n+]1C.[2H]C([2H])([2H])c1c[n+](C)c(N2B(C)c3c(oc4ncccc34)C=C2C)cc1C. The molecule has 4 aliphatic rings. The Labute approximate surface area is 556 Å². The average molecular weight is 1250 g/mol. The fraction of sp³-hybridized carbons (Fsp3) is 0.240. The van der Waals surface area contributed by atoms with Crippen molar-refractivity contribution in [1.82, 2.24) is 15.0 Å². The summed E-state index contributed by atoms with van der Waals surface area (Å²) >= 11 is 0. The van der Waals surface area contributed by atoms with Gasteiger partial charge in [-0.3, -0.25) is 19.2 Å². The highest BCUT2D eigenvalue weighted by Gasteiger charge is 2.44. The summed E-state index contributed by atoms with van der Waals surface area (Å²) in [6.07, 6.45) is 21.9. The number of anilines is 4. The number of allylic oxidation sites excluding steroid dienone is 4. The number of benzene rings is 1. The predicted molar refractivity (Wildman–Crippen MR) is 387 cm³/mol. The summed E-state index contributed by atoms with van der Waals surface area (Å²) in [4.78, 5) is 22.3. The van der Waals surface area contributed by atoms with Crippen LogP contribution in [0.3, 0.4) is 0 Å². The Bertz CT molecular complexity index is 5260. The smallest absolute Gasteiger partial charge is 0.447 e. The van der Waals surface area contributed by atoms with Crippen LogP contribution in [0.4, 0.5) is 23.3 Å². The van der Waals surface area contributed by atoms with E-state index < -0.39 is 6.85 Å². The van der Waals surface area contributed by atoms with Gasteiger partial charge in [0.2, 0.25) is 17.1 Å². The summed E-state index contributed by atoms with van der Waals surface area (Å²) in [5, 5.41) is 4.40. The van der Waals surface area contributed by atoms with Gasteiger partial charge in [-0.25, -0.2) is 33.2 Å². The Morgan fingerprint density at radius 3 is 1.32 bits per heavy atom. The summed E-state index contributed by atoms with van der Waals surface area (Å²) in [5.74, 6) is 7.15. The first kappa shape index (κ1) is 58.9. The van der Waals surface area contributed by atoms with Gasteiger partial charge in [0.05, 0.1) is 75.8 Å². The van der Waals surface area contributed by atoms with Gasteiger partial charge in [-0.1, -0.05) is 18.2 Å². The Balaban J connectivity index is 0.000000117. The lowest BCUT2D eigenvalue weighted by Crippen LogP contribution is -2.52. The molecule has 16 rings (SSSR count). The zero-order valence-corrected chi connectivity index (χ0v) is 57.0. The second-order valence-electron chi connectivity index (χ2n) is 25.7. The number of fused-ring (bicyclic) bond motifs is 12. The largest absolute Gasteiger partial charge is 0.465 e. The van der Waals surface area contributed by atoms with E-state index in [1.54, 1.807) is 24.8 Å². The van der Waals surface area contributed by atoms with Gasteiger partial charge in [-0.2, -0.15) is 0 Å². The van der Waals surface area contributed by atoms with Crippen LogP contribution in [-0.2, 0) is 28.2 Å². The zero-order chi connectivity index (χ0) is 68.8. The van der Waals surface area contributed by atoms with Crippen molar-refractivity contribution >= 4 is 141 Å². The molecule has 1 aromatic carbocycles. The molecule has 0 atom stereocenters. The van der Waals surface area contributed by atoms with Gasteiger partial charge < -0.3 is 17.7 Å². The summed E-state index contributed by atoms with van der Waals surface area (Å²) in [6.45, 7) is 26.1. The van der Waals surface area contributed by atoms with E-state index in [0.717, 1.165) is 67.2 Å². The van der Waals surface area contributed by atoms with E-state index in [1.807, 2.05) is 74.0 Å². The summed E-state index contributed by atoms with van der Waals surface area (Å²) in [7, 11) is 8.16. The molecule has 11 aromatic heterocycles. The van der Waals surface area contributed by atoms with Gasteiger partial charge in [-0.05, 0) is 191 Å². The van der Waals surface area contributed by atoms with Crippen LogP contribution in [0.15, 0.2) is 181 Å². The van der Waals surface area contributed by atoms with E-state index in [1.165, 1.54) is 78.7 Å². The highest BCUT2D eigenvalue weighted by molar-refractivity contribution is 6.81. The highest BCUT2D eigenvalue weighted by Crippen LogP contribution is 2.34. The molecule has 0 spiro atoms. The van der Waals surface area contributed by atoms with Crippen LogP contribution in [0.2, 0.25) is 27.3 Å². The number of aromatic nitrogens is 7. The van der Waals surface area contributed by atoms with Crippen LogP contribution >= 0.6 is 0 Å². The molecule has 0 fully saturated rings. The minimum Gasteiger partial charge on any atom is -0.465 e. The maximum absolute atomic E-state index is 7.75. The molecule has 0 radical (unpaired) electrons. The van der Waals surface area contributed by atoms with E-state index in [4.69, 9.17) is 21.8 Å².